The number of nitrogens with zero attached hydrogens (tertiary/aromatic N) is 6. The molecule has 0 spiro atoms. The number of nitrogens with one attached hydrogen (secondary N) is 1. The molecule has 3 aromatic carbocycles. The summed E-state index contributed by atoms with van der Waals surface area (Å²) >= 11 is 0. The first-order valence-corrected chi connectivity index (χ1v) is 16.0. The van der Waals surface area contributed by atoms with Crippen LogP contribution >= 0.6 is 0 Å². The molecular weight excluding hydrogens is 617 g/mol. The van der Waals surface area contributed by atoms with Gasteiger partial charge in [0.15, 0.2) is 5.82 Å². The number of hydrogen-bond acceptors (Lipinski definition) is 8. The lowest BCUT2D eigenvalue weighted by atomic mass is 10.1. The summed E-state index contributed by atoms with van der Waals surface area (Å²) < 4.78 is 26.3. The second-order valence-electron chi connectivity index (χ2n) is 12.0. The number of benzene rings is 3. The number of rotatable bonds is 8. The lowest BCUT2D eigenvalue weighted by molar-refractivity contribution is -0.136. The molecule has 13 heteroatoms. The minimum Gasteiger partial charge on any atom is -0.497 e. The summed E-state index contributed by atoms with van der Waals surface area (Å²) in [5.41, 5.74) is 0.983. The molecule has 0 radical (unpaired) electrons. The maximum absolute atomic E-state index is 14.3. The van der Waals surface area contributed by atoms with Crippen LogP contribution in [0.15, 0.2) is 71.5 Å². The Morgan fingerprint density at radius 2 is 1.71 bits per heavy atom. The Bertz CT molecular complexity index is 1860. The molecular formula is C35H40FN7O5. The van der Waals surface area contributed by atoms with Gasteiger partial charge in [-0.3, -0.25) is 19.4 Å². The Morgan fingerprint density at radius 1 is 0.979 bits per heavy atom. The third-order valence-corrected chi connectivity index (χ3v) is 9.16. The highest BCUT2D eigenvalue weighted by molar-refractivity contribution is 6.03. The Balaban J connectivity index is 1.41. The number of aromatic nitrogens is 2. The number of likely N-dealkylation sites (tertiary alicyclic amines) is 1. The fraction of sp³-hybridized carbons (Fsp3) is 0.371. The van der Waals surface area contributed by atoms with Gasteiger partial charge in [-0.2, -0.15) is 0 Å². The van der Waals surface area contributed by atoms with E-state index in [2.05, 4.69) is 10.2 Å². The molecule has 12 nitrogen and oxygen atoms in total. The SMILES string of the molecule is COc1ccc(N(C(=O)Nc2ccc(F)cc2)C(C)c2nc3ccccc3c(=O)n2N2CCN(C(=O)C3CCCN3C)CC2)c(OC)c1. The Hall–Kier alpha value is -5.17. The van der Waals surface area contributed by atoms with Crippen molar-refractivity contribution in [2.24, 2.45) is 0 Å². The van der Waals surface area contributed by atoms with Crippen LogP contribution in [0.2, 0.25) is 0 Å². The van der Waals surface area contributed by atoms with Crippen LogP contribution < -0.4 is 30.3 Å². The third kappa shape index (κ3) is 6.37. The van der Waals surface area contributed by atoms with Crippen molar-refractivity contribution < 1.29 is 23.5 Å². The second-order valence-corrected chi connectivity index (χ2v) is 12.0. The molecule has 2 fully saturated rings. The molecule has 2 aliphatic rings. The van der Waals surface area contributed by atoms with Gasteiger partial charge in [-0.15, -0.1) is 0 Å². The summed E-state index contributed by atoms with van der Waals surface area (Å²) in [6.07, 6.45) is 1.84. The van der Waals surface area contributed by atoms with E-state index in [0.717, 1.165) is 19.4 Å². The van der Waals surface area contributed by atoms with E-state index in [1.54, 1.807) is 48.0 Å². The van der Waals surface area contributed by atoms with Crippen molar-refractivity contribution in [2.45, 2.75) is 31.8 Å². The van der Waals surface area contributed by atoms with Gasteiger partial charge in [0.1, 0.15) is 17.3 Å². The average Bonchev–Trinajstić information content (AvgIpc) is 3.54. The minimum atomic E-state index is -0.822. The molecule has 4 aromatic rings. The zero-order chi connectivity index (χ0) is 33.9. The number of carbonyl (C=O) groups is 2. The largest absolute Gasteiger partial charge is 0.497 e. The lowest BCUT2D eigenvalue weighted by Gasteiger charge is -2.40. The van der Waals surface area contributed by atoms with E-state index in [0.29, 0.717) is 65.8 Å². The van der Waals surface area contributed by atoms with Crippen molar-refractivity contribution in [1.82, 2.24) is 19.5 Å². The summed E-state index contributed by atoms with van der Waals surface area (Å²) in [4.78, 5) is 52.2. The molecule has 3 amide bonds. The van der Waals surface area contributed by atoms with Crippen LogP contribution in [0.25, 0.3) is 10.9 Å². The molecule has 2 atom stereocenters. The van der Waals surface area contributed by atoms with E-state index < -0.39 is 17.9 Å². The first kappa shape index (κ1) is 32.8. The van der Waals surface area contributed by atoms with Crippen molar-refractivity contribution in [2.75, 3.05) is 69.2 Å². The molecule has 0 aliphatic carbocycles. The van der Waals surface area contributed by atoms with Gasteiger partial charge < -0.3 is 24.7 Å². The lowest BCUT2D eigenvalue weighted by Crippen LogP contribution is -2.58. The predicted molar refractivity (Wildman–Crippen MR) is 182 cm³/mol. The van der Waals surface area contributed by atoms with E-state index in [1.807, 2.05) is 23.0 Å². The van der Waals surface area contributed by atoms with Gasteiger partial charge in [-0.05, 0) is 81.9 Å². The summed E-state index contributed by atoms with van der Waals surface area (Å²) in [5, 5.41) is 5.19. The van der Waals surface area contributed by atoms with Gasteiger partial charge in [0.25, 0.3) is 5.56 Å². The maximum atomic E-state index is 14.3. The van der Waals surface area contributed by atoms with Crippen LogP contribution in [-0.4, -0.2) is 91.4 Å². The van der Waals surface area contributed by atoms with Gasteiger partial charge in [0.05, 0.1) is 56.0 Å². The molecule has 2 aliphatic heterocycles. The number of methoxy groups -OCH3 is 2. The van der Waals surface area contributed by atoms with Crippen LogP contribution in [0, 0.1) is 5.82 Å². The number of urea groups is 1. The smallest absolute Gasteiger partial charge is 0.327 e. The van der Waals surface area contributed by atoms with E-state index in [4.69, 9.17) is 14.5 Å². The summed E-state index contributed by atoms with van der Waals surface area (Å²) in [6.45, 7) is 4.37. The Morgan fingerprint density at radius 3 is 2.38 bits per heavy atom. The molecule has 2 unspecified atom stereocenters. The molecule has 3 heterocycles. The standard InChI is InChI=1S/C35H40FN7O5/c1-23(42(29-16-15-26(47-3)22-31(29)48-4)35(46)37-25-13-11-24(36)12-14-25)32-38-28-9-6-5-8-27(28)33(44)43(32)41-20-18-40(19-21-41)34(45)30-10-7-17-39(30)2/h5-6,8-9,11-16,22-23,30H,7,10,17-21H2,1-4H3,(H,37,46). The summed E-state index contributed by atoms with van der Waals surface area (Å²) in [7, 11) is 5.01. The molecule has 0 bridgehead atoms. The second kappa shape index (κ2) is 13.9. The van der Waals surface area contributed by atoms with Crippen LogP contribution in [0.5, 0.6) is 11.5 Å². The monoisotopic (exact) mass is 657 g/mol. The van der Waals surface area contributed by atoms with Gasteiger partial charge in [0.2, 0.25) is 5.91 Å². The number of likely N-dealkylation sites (N-methyl/N-ethyl adjacent to an activating group) is 1. The number of hydrogen-bond donors (Lipinski definition) is 1. The van der Waals surface area contributed by atoms with Crippen LogP contribution in [-0.2, 0) is 4.79 Å². The number of amides is 3. The number of piperazine rings is 1. The highest BCUT2D eigenvalue weighted by atomic mass is 19.1. The number of halogens is 1. The highest BCUT2D eigenvalue weighted by Crippen LogP contribution is 2.37. The summed E-state index contributed by atoms with van der Waals surface area (Å²) in [5.74, 6) is 0.883. The number of para-hydroxylation sites is 1. The van der Waals surface area contributed by atoms with E-state index in [9.17, 15) is 18.8 Å². The van der Waals surface area contributed by atoms with Crippen molar-refractivity contribution in [3.8, 4) is 11.5 Å². The quantitative estimate of drug-likeness (QED) is 0.300. The molecule has 252 valence electrons. The first-order chi connectivity index (χ1) is 23.2. The number of fused-ring (bicyclic) bond motifs is 1. The van der Waals surface area contributed by atoms with Crippen LogP contribution in [0.4, 0.5) is 20.6 Å². The van der Waals surface area contributed by atoms with Crippen molar-refractivity contribution in [1.29, 1.82) is 0 Å². The normalized spacial score (nSPS) is 17.3. The minimum absolute atomic E-state index is 0.113. The van der Waals surface area contributed by atoms with Crippen LogP contribution in [0.1, 0.15) is 31.6 Å². The topological polar surface area (TPSA) is 112 Å². The zero-order valence-corrected chi connectivity index (χ0v) is 27.6. The van der Waals surface area contributed by atoms with Crippen molar-refractivity contribution in [3.05, 3.63) is 88.7 Å². The maximum Gasteiger partial charge on any atom is 0.327 e. The van der Waals surface area contributed by atoms with Crippen LogP contribution in [0.3, 0.4) is 0 Å². The molecule has 2 saturated heterocycles. The van der Waals surface area contributed by atoms with E-state index in [1.165, 1.54) is 43.4 Å². The van der Waals surface area contributed by atoms with Crippen molar-refractivity contribution in [3.63, 3.8) is 0 Å². The zero-order valence-electron chi connectivity index (χ0n) is 27.6. The number of ether oxygens (including phenoxy) is 2. The Kier molecular flexibility index (Phi) is 9.49. The fourth-order valence-corrected chi connectivity index (χ4v) is 6.54. The van der Waals surface area contributed by atoms with Gasteiger partial charge in [-0.1, -0.05) is 12.1 Å². The van der Waals surface area contributed by atoms with Gasteiger partial charge in [0, 0.05) is 24.8 Å². The molecule has 0 saturated carbocycles. The number of carbonyl (C=O) groups excluding carboxylic acids is 2. The molecule has 1 N–H and O–H groups in total. The molecule has 1 aromatic heterocycles. The average molecular weight is 658 g/mol. The summed E-state index contributed by atoms with van der Waals surface area (Å²) in [6, 6.07) is 16.1. The predicted octanol–water partition coefficient (Wildman–Crippen LogP) is 4.23. The molecule has 6 rings (SSSR count). The third-order valence-electron chi connectivity index (χ3n) is 9.16. The number of anilines is 2. The van der Waals surface area contributed by atoms with E-state index >= 15 is 0 Å². The van der Waals surface area contributed by atoms with E-state index in [-0.39, 0.29) is 17.5 Å². The molecule has 48 heavy (non-hydrogen) atoms. The van der Waals surface area contributed by atoms with Crippen molar-refractivity contribution >= 4 is 34.2 Å². The first-order valence-electron chi connectivity index (χ1n) is 16.0. The fourth-order valence-electron chi connectivity index (χ4n) is 6.54. The van der Waals surface area contributed by atoms with Gasteiger partial charge in [-0.25, -0.2) is 18.8 Å². The Labute approximate surface area is 278 Å². The highest BCUT2D eigenvalue weighted by Gasteiger charge is 2.35. The van der Waals surface area contributed by atoms with Gasteiger partial charge >= 0.3 is 6.03 Å².